The summed E-state index contributed by atoms with van der Waals surface area (Å²) in [6, 6.07) is 38.4. The van der Waals surface area contributed by atoms with Gasteiger partial charge in [-0.1, -0.05) is 127 Å². The molecule has 308 valence electrons. The number of fused-ring (bicyclic) bond motifs is 5. The first-order valence-corrected chi connectivity index (χ1v) is 24.1. The predicted octanol–water partition coefficient (Wildman–Crippen LogP) is 15.7. The Labute approximate surface area is 376 Å². The van der Waals surface area contributed by atoms with Crippen LogP contribution in [-0.4, -0.2) is 0 Å². The molecule has 6 aromatic rings. The number of thiophene rings is 2. The second-order valence-corrected chi connectivity index (χ2v) is 21.5. The number of benzene rings is 4. The Bertz CT molecular complexity index is 2880. The summed E-state index contributed by atoms with van der Waals surface area (Å²) in [6.45, 7) is 13.9. The Kier molecular flexibility index (Phi) is 9.13. The highest BCUT2D eigenvalue weighted by atomic mass is 32.1. The van der Waals surface area contributed by atoms with Gasteiger partial charge in [0.15, 0.2) is 0 Å². The molecule has 0 bridgehead atoms. The van der Waals surface area contributed by atoms with Crippen LogP contribution in [0.2, 0.25) is 0 Å². The molecule has 0 aliphatic heterocycles. The highest BCUT2D eigenvalue weighted by molar-refractivity contribution is 7.14. The lowest BCUT2D eigenvalue weighted by Gasteiger charge is -2.38. The van der Waals surface area contributed by atoms with E-state index in [4.69, 9.17) is 0 Å². The molecule has 1 unspecified atom stereocenters. The van der Waals surface area contributed by atoms with Crippen LogP contribution in [0.15, 0.2) is 180 Å². The van der Waals surface area contributed by atoms with Crippen LogP contribution in [0.25, 0.3) is 11.1 Å². The third-order valence-electron chi connectivity index (χ3n) is 14.6. The summed E-state index contributed by atoms with van der Waals surface area (Å²) >= 11 is 3.58. The molecule has 2 heterocycles. The zero-order valence-corrected chi connectivity index (χ0v) is 38.3. The number of hydrogen-bond acceptors (Lipinski definition) is 4. The summed E-state index contributed by atoms with van der Waals surface area (Å²) < 4.78 is 0. The SMILES string of the molecule is CC1(C)C=CC=C(N(c2ccc3c(c2)C(c2ccc4c(c2)CC4)(c2ccc4c(c2)CC4)c2cc(N(C4=CC=CC(C)(C(C)(C)C)C=C4)c4cccs4)ccc2-3)c2cccs2)C=C1. The smallest absolute Gasteiger partial charge is 0.0999 e. The molecule has 1 atom stereocenters. The average Bonchev–Trinajstić information content (AvgIpc) is 3.95. The van der Waals surface area contributed by atoms with Gasteiger partial charge in [0.2, 0.25) is 0 Å². The van der Waals surface area contributed by atoms with Crippen molar-refractivity contribution in [1.29, 1.82) is 0 Å². The molecule has 0 saturated heterocycles. The number of rotatable bonds is 8. The Morgan fingerprint density at radius 3 is 1.47 bits per heavy atom. The van der Waals surface area contributed by atoms with E-state index in [0.717, 1.165) is 37.1 Å². The summed E-state index contributed by atoms with van der Waals surface area (Å²) in [7, 11) is 0. The molecule has 0 fully saturated rings. The van der Waals surface area contributed by atoms with Gasteiger partial charge in [0.25, 0.3) is 0 Å². The van der Waals surface area contributed by atoms with Gasteiger partial charge in [-0.3, -0.25) is 0 Å². The summed E-state index contributed by atoms with van der Waals surface area (Å²) in [6.07, 6.45) is 27.7. The summed E-state index contributed by atoms with van der Waals surface area (Å²) in [5.41, 5.74) is 18.0. The second kappa shape index (κ2) is 14.4. The van der Waals surface area contributed by atoms with E-state index in [0.29, 0.717) is 0 Å². The topological polar surface area (TPSA) is 6.48 Å². The van der Waals surface area contributed by atoms with E-state index in [1.807, 2.05) is 0 Å². The van der Waals surface area contributed by atoms with Crippen molar-refractivity contribution in [3.63, 3.8) is 0 Å². The van der Waals surface area contributed by atoms with Gasteiger partial charge >= 0.3 is 0 Å². The number of nitrogens with zero attached hydrogens (tertiary/aromatic N) is 2. The van der Waals surface area contributed by atoms with E-state index in [1.54, 1.807) is 22.7 Å². The maximum atomic E-state index is 2.56. The van der Waals surface area contributed by atoms with Crippen molar-refractivity contribution in [1.82, 2.24) is 0 Å². The first-order chi connectivity index (χ1) is 29.9. The third-order valence-corrected chi connectivity index (χ3v) is 16.3. The summed E-state index contributed by atoms with van der Waals surface area (Å²) in [4.78, 5) is 4.94. The molecule has 5 aliphatic carbocycles. The minimum Gasteiger partial charge on any atom is -0.302 e. The van der Waals surface area contributed by atoms with Gasteiger partial charge in [-0.15, -0.1) is 22.7 Å². The van der Waals surface area contributed by atoms with Crippen molar-refractivity contribution in [2.45, 2.75) is 72.6 Å². The molecule has 0 saturated carbocycles. The van der Waals surface area contributed by atoms with Crippen LogP contribution >= 0.6 is 22.7 Å². The van der Waals surface area contributed by atoms with Crippen molar-refractivity contribution in [2.75, 3.05) is 9.80 Å². The maximum Gasteiger partial charge on any atom is 0.0999 e. The largest absolute Gasteiger partial charge is 0.302 e. The zero-order valence-electron chi connectivity index (χ0n) is 36.7. The van der Waals surface area contributed by atoms with E-state index >= 15 is 0 Å². The molecule has 11 rings (SSSR count). The summed E-state index contributed by atoms with van der Waals surface area (Å²) in [5, 5.41) is 6.80. The molecule has 2 nitrogen and oxygen atoms in total. The molecule has 0 radical (unpaired) electrons. The Morgan fingerprint density at radius 1 is 0.516 bits per heavy atom. The van der Waals surface area contributed by atoms with Gasteiger partial charge in [0.05, 0.1) is 15.4 Å². The molecule has 0 amide bonds. The van der Waals surface area contributed by atoms with E-state index in [-0.39, 0.29) is 16.2 Å². The molecular formula is C58H54N2S2. The van der Waals surface area contributed by atoms with E-state index in [2.05, 4.69) is 220 Å². The molecular weight excluding hydrogens is 789 g/mol. The second-order valence-electron chi connectivity index (χ2n) is 19.7. The van der Waals surface area contributed by atoms with Gasteiger partial charge < -0.3 is 9.80 Å². The molecule has 4 heteroatoms. The van der Waals surface area contributed by atoms with Crippen LogP contribution in [0.3, 0.4) is 0 Å². The quantitative estimate of drug-likeness (QED) is 0.150. The van der Waals surface area contributed by atoms with E-state index < -0.39 is 5.41 Å². The lowest BCUT2D eigenvalue weighted by atomic mass is 9.65. The van der Waals surface area contributed by atoms with E-state index in [1.165, 1.54) is 77.0 Å². The maximum absolute atomic E-state index is 2.56. The van der Waals surface area contributed by atoms with E-state index in [9.17, 15) is 0 Å². The first kappa shape index (κ1) is 39.2. The third kappa shape index (κ3) is 6.24. The lowest BCUT2D eigenvalue weighted by molar-refractivity contribution is 0.228. The highest BCUT2D eigenvalue weighted by Crippen LogP contribution is 2.59. The van der Waals surface area contributed by atoms with Crippen LogP contribution in [-0.2, 0) is 31.1 Å². The number of allylic oxidation sites excluding steroid dienone is 10. The summed E-state index contributed by atoms with van der Waals surface area (Å²) in [5.74, 6) is 0. The zero-order chi connectivity index (χ0) is 42.4. The fourth-order valence-electron chi connectivity index (χ4n) is 10.1. The van der Waals surface area contributed by atoms with Gasteiger partial charge in [0.1, 0.15) is 0 Å². The Balaban J connectivity index is 1.16. The number of anilines is 4. The average molecular weight is 843 g/mol. The Hall–Kier alpha value is -5.68. The fourth-order valence-corrected chi connectivity index (χ4v) is 11.7. The van der Waals surface area contributed by atoms with Gasteiger partial charge in [-0.2, -0.15) is 0 Å². The molecule has 0 N–H and O–H groups in total. The number of hydrogen-bond donors (Lipinski definition) is 0. The van der Waals surface area contributed by atoms with Crippen molar-refractivity contribution in [2.24, 2.45) is 16.2 Å². The lowest BCUT2D eigenvalue weighted by Crippen LogP contribution is -2.31. The van der Waals surface area contributed by atoms with Crippen molar-refractivity contribution >= 4 is 44.1 Å². The van der Waals surface area contributed by atoms with Crippen LogP contribution in [0.1, 0.15) is 86.1 Å². The number of aryl methyl sites for hydroxylation is 4. The van der Waals surface area contributed by atoms with Gasteiger partial charge in [-0.05, 0) is 170 Å². The minimum absolute atomic E-state index is 0.0301. The van der Waals surface area contributed by atoms with Gasteiger partial charge in [-0.25, -0.2) is 0 Å². The normalized spacial score (nSPS) is 19.8. The molecule has 4 aromatic carbocycles. The molecule has 5 aliphatic rings. The van der Waals surface area contributed by atoms with Crippen LogP contribution in [0.5, 0.6) is 0 Å². The van der Waals surface area contributed by atoms with Crippen molar-refractivity contribution in [3.05, 3.63) is 224 Å². The van der Waals surface area contributed by atoms with Crippen LogP contribution < -0.4 is 9.80 Å². The minimum atomic E-state index is -0.553. The molecule has 62 heavy (non-hydrogen) atoms. The monoisotopic (exact) mass is 842 g/mol. The molecule has 2 aromatic heterocycles. The van der Waals surface area contributed by atoms with Crippen LogP contribution in [0, 0.1) is 16.2 Å². The van der Waals surface area contributed by atoms with Crippen molar-refractivity contribution < 1.29 is 0 Å². The van der Waals surface area contributed by atoms with Crippen molar-refractivity contribution in [3.8, 4) is 11.1 Å². The fraction of sp³-hybridized carbons (Fsp3) is 0.241. The highest BCUT2D eigenvalue weighted by Gasteiger charge is 2.48. The van der Waals surface area contributed by atoms with Crippen LogP contribution in [0.4, 0.5) is 21.4 Å². The molecule has 0 spiro atoms. The predicted molar refractivity (Wildman–Crippen MR) is 266 cm³/mol. The van der Waals surface area contributed by atoms with Gasteiger partial charge in [0, 0.05) is 33.6 Å². The standard InChI is InChI=1S/C58H54N2S2/c1-55(2,3)57(6)30-8-12-46(28-32-57)60(54-14-10-34-62-54)48-24-26-50-49-25-23-47(59(53-13-9-33-61-53)45-11-7-29-56(4,5)31-27-45)37-51(49)58(52(50)38-48,43-21-19-39-15-17-41(39)35-43)44-22-20-40-16-18-42(40)36-44/h7-14,19-38H,15-18H2,1-6H3. The Morgan fingerprint density at radius 2 is 1.02 bits per heavy atom. The first-order valence-electron chi connectivity index (χ1n) is 22.3.